The summed E-state index contributed by atoms with van der Waals surface area (Å²) >= 11 is 0. The van der Waals surface area contributed by atoms with E-state index in [2.05, 4.69) is 5.32 Å². The van der Waals surface area contributed by atoms with E-state index >= 15 is 0 Å². The Morgan fingerprint density at radius 2 is 1.46 bits per heavy atom. The summed E-state index contributed by atoms with van der Waals surface area (Å²) in [6, 6.07) is 24.6. The number of amides is 1. The number of benzene rings is 2. The predicted molar refractivity (Wildman–Crippen MR) is 109 cm³/mol. The first-order valence-electron chi connectivity index (χ1n) is 9.33. The van der Waals surface area contributed by atoms with E-state index < -0.39 is 6.10 Å². The number of aliphatic hydroxyl groups is 1. The minimum atomic E-state index is -0.837. The lowest BCUT2D eigenvalue weighted by atomic mass is 9.88. The molecule has 3 rings (SSSR count). The van der Waals surface area contributed by atoms with Gasteiger partial charge in [-0.15, -0.1) is 0 Å². The molecule has 144 valence electrons. The summed E-state index contributed by atoms with van der Waals surface area (Å²) in [7, 11) is 0. The van der Waals surface area contributed by atoms with Crippen LogP contribution in [0.25, 0.3) is 0 Å². The quantitative estimate of drug-likeness (QED) is 0.635. The molecule has 0 saturated heterocycles. The number of hydrogen-bond acceptors (Lipinski definition) is 3. The molecular formula is C23H24N2O3. The highest BCUT2D eigenvalue weighted by molar-refractivity contribution is 5.77. The zero-order chi connectivity index (χ0) is 19.8. The van der Waals surface area contributed by atoms with Crippen molar-refractivity contribution >= 4 is 5.91 Å². The van der Waals surface area contributed by atoms with Crippen LogP contribution in [0, 0.1) is 0 Å². The van der Waals surface area contributed by atoms with Crippen molar-refractivity contribution in [3.8, 4) is 0 Å². The van der Waals surface area contributed by atoms with E-state index in [1.54, 1.807) is 18.3 Å². The number of carbonyl (C=O) groups is 1. The monoisotopic (exact) mass is 376 g/mol. The largest absolute Gasteiger partial charge is 0.389 e. The highest BCUT2D eigenvalue weighted by Gasteiger charge is 2.18. The number of aromatic nitrogens is 1. The van der Waals surface area contributed by atoms with Gasteiger partial charge < -0.3 is 15.0 Å². The highest BCUT2D eigenvalue weighted by atomic mass is 16.3. The molecule has 1 unspecified atom stereocenters. The van der Waals surface area contributed by atoms with Gasteiger partial charge >= 0.3 is 0 Å². The van der Waals surface area contributed by atoms with Gasteiger partial charge in [-0.3, -0.25) is 9.59 Å². The van der Waals surface area contributed by atoms with Gasteiger partial charge in [-0.05, 0) is 17.2 Å². The van der Waals surface area contributed by atoms with Gasteiger partial charge in [-0.25, -0.2) is 0 Å². The predicted octanol–water partition coefficient (Wildman–Crippen LogP) is 2.55. The Balaban J connectivity index is 1.61. The van der Waals surface area contributed by atoms with Gasteiger partial charge in [0.2, 0.25) is 5.91 Å². The van der Waals surface area contributed by atoms with Crippen LogP contribution in [-0.2, 0) is 11.3 Å². The molecule has 1 atom stereocenters. The van der Waals surface area contributed by atoms with Gasteiger partial charge in [-0.2, -0.15) is 0 Å². The van der Waals surface area contributed by atoms with E-state index in [9.17, 15) is 14.7 Å². The molecule has 0 bridgehead atoms. The SMILES string of the molecule is O=C(CC(c1ccccc1)c1ccccc1)NCC(O)Cn1ccccc1=O. The summed E-state index contributed by atoms with van der Waals surface area (Å²) in [5.74, 6) is -0.201. The molecule has 3 aromatic rings. The molecule has 0 aliphatic carbocycles. The third kappa shape index (κ3) is 5.41. The van der Waals surface area contributed by atoms with Gasteiger partial charge in [0.15, 0.2) is 0 Å². The van der Waals surface area contributed by atoms with Crippen molar-refractivity contribution in [3.63, 3.8) is 0 Å². The Hall–Kier alpha value is -3.18. The Kier molecular flexibility index (Phi) is 6.76. The molecule has 1 heterocycles. The molecular weight excluding hydrogens is 352 g/mol. The molecule has 0 fully saturated rings. The lowest BCUT2D eigenvalue weighted by molar-refractivity contribution is -0.121. The Labute approximate surface area is 164 Å². The Morgan fingerprint density at radius 3 is 2.04 bits per heavy atom. The second-order valence-electron chi connectivity index (χ2n) is 6.73. The van der Waals surface area contributed by atoms with E-state index in [0.717, 1.165) is 11.1 Å². The summed E-state index contributed by atoms with van der Waals surface area (Å²) in [6.07, 6.45) is 1.07. The fraction of sp³-hybridized carbons (Fsp3) is 0.217. The second kappa shape index (κ2) is 9.67. The third-order valence-electron chi connectivity index (χ3n) is 4.63. The molecule has 0 spiro atoms. The molecule has 0 radical (unpaired) electrons. The smallest absolute Gasteiger partial charge is 0.250 e. The summed E-state index contributed by atoms with van der Waals surface area (Å²) < 4.78 is 1.42. The fourth-order valence-corrected chi connectivity index (χ4v) is 3.19. The first kappa shape index (κ1) is 19.6. The summed E-state index contributed by atoms with van der Waals surface area (Å²) in [5.41, 5.74) is 1.96. The standard InChI is InChI=1S/C23H24N2O3/c26-20(17-25-14-8-7-13-23(25)28)16-24-22(27)15-21(18-9-3-1-4-10-18)19-11-5-2-6-12-19/h1-14,20-21,26H,15-17H2,(H,24,27). The van der Waals surface area contributed by atoms with Crippen molar-refractivity contribution in [3.05, 3.63) is 107 Å². The van der Waals surface area contributed by atoms with Gasteiger partial charge in [-0.1, -0.05) is 66.7 Å². The van der Waals surface area contributed by atoms with E-state index in [1.165, 1.54) is 10.6 Å². The van der Waals surface area contributed by atoms with Crippen LogP contribution in [0.2, 0.25) is 0 Å². The van der Waals surface area contributed by atoms with E-state index in [4.69, 9.17) is 0 Å². The number of rotatable bonds is 8. The maximum absolute atomic E-state index is 12.5. The maximum atomic E-state index is 12.5. The first-order valence-corrected chi connectivity index (χ1v) is 9.33. The zero-order valence-corrected chi connectivity index (χ0v) is 15.6. The molecule has 28 heavy (non-hydrogen) atoms. The van der Waals surface area contributed by atoms with E-state index in [-0.39, 0.29) is 36.9 Å². The molecule has 0 saturated carbocycles. The molecule has 2 N–H and O–H groups in total. The molecule has 5 heteroatoms. The van der Waals surface area contributed by atoms with Crippen LogP contribution in [0.1, 0.15) is 23.5 Å². The van der Waals surface area contributed by atoms with Crippen LogP contribution in [0.3, 0.4) is 0 Å². The lowest BCUT2D eigenvalue weighted by Gasteiger charge is -2.19. The minimum absolute atomic E-state index is 0.0590. The summed E-state index contributed by atoms with van der Waals surface area (Å²) in [5, 5.41) is 13.0. The van der Waals surface area contributed by atoms with Crippen molar-refractivity contribution in [1.82, 2.24) is 9.88 Å². The normalized spacial score (nSPS) is 11.9. The highest BCUT2D eigenvalue weighted by Crippen LogP contribution is 2.27. The second-order valence-corrected chi connectivity index (χ2v) is 6.73. The fourth-order valence-electron chi connectivity index (χ4n) is 3.19. The molecule has 1 aromatic heterocycles. The first-order chi connectivity index (χ1) is 13.6. The average molecular weight is 376 g/mol. The van der Waals surface area contributed by atoms with Crippen molar-refractivity contribution < 1.29 is 9.90 Å². The number of aliphatic hydroxyl groups excluding tert-OH is 1. The molecule has 0 aliphatic rings. The summed E-state index contributed by atoms with van der Waals surface area (Å²) in [6.45, 7) is 0.233. The zero-order valence-electron chi connectivity index (χ0n) is 15.6. The number of hydrogen-bond donors (Lipinski definition) is 2. The topological polar surface area (TPSA) is 71.3 Å². The lowest BCUT2D eigenvalue weighted by Crippen LogP contribution is -2.36. The maximum Gasteiger partial charge on any atom is 0.250 e. The Morgan fingerprint density at radius 1 is 0.893 bits per heavy atom. The number of carbonyl (C=O) groups excluding carboxylic acids is 1. The van der Waals surface area contributed by atoms with Crippen LogP contribution in [0.4, 0.5) is 0 Å². The van der Waals surface area contributed by atoms with Gasteiger partial charge in [0.05, 0.1) is 12.6 Å². The van der Waals surface area contributed by atoms with E-state index in [0.29, 0.717) is 0 Å². The third-order valence-corrected chi connectivity index (χ3v) is 4.63. The van der Waals surface area contributed by atoms with Gasteiger partial charge in [0.25, 0.3) is 5.56 Å². The summed E-state index contributed by atoms with van der Waals surface area (Å²) in [4.78, 5) is 24.2. The Bertz CT molecular complexity index is 899. The van der Waals surface area contributed by atoms with Crippen molar-refractivity contribution in [2.45, 2.75) is 25.0 Å². The number of nitrogens with one attached hydrogen (secondary N) is 1. The number of pyridine rings is 1. The van der Waals surface area contributed by atoms with Crippen LogP contribution < -0.4 is 10.9 Å². The number of nitrogens with zero attached hydrogens (tertiary/aromatic N) is 1. The molecule has 2 aromatic carbocycles. The van der Waals surface area contributed by atoms with Gasteiger partial charge in [0, 0.05) is 31.1 Å². The minimum Gasteiger partial charge on any atom is -0.389 e. The van der Waals surface area contributed by atoms with Crippen molar-refractivity contribution in [1.29, 1.82) is 0 Å². The van der Waals surface area contributed by atoms with E-state index in [1.807, 2.05) is 60.7 Å². The van der Waals surface area contributed by atoms with Crippen LogP contribution in [-0.4, -0.2) is 28.2 Å². The molecule has 5 nitrogen and oxygen atoms in total. The molecule has 1 amide bonds. The average Bonchev–Trinajstić information content (AvgIpc) is 2.73. The molecule has 0 aliphatic heterocycles. The van der Waals surface area contributed by atoms with Crippen LogP contribution >= 0.6 is 0 Å². The van der Waals surface area contributed by atoms with Crippen molar-refractivity contribution in [2.75, 3.05) is 6.54 Å². The van der Waals surface area contributed by atoms with Gasteiger partial charge in [0.1, 0.15) is 0 Å². The van der Waals surface area contributed by atoms with Crippen LogP contribution in [0.5, 0.6) is 0 Å². The van der Waals surface area contributed by atoms with Crippen molar-refractivity contribution in [2.24, 2.45) is 0 Å². The van der Waals surface area contributed by atoms with Crippen LogP contribution in [0.15, 0.2) is 89.9 Å².